The molecule has 0 aliphatic carbocycles. The molecule has 1 unspecified atom stereocenters. The average molecular weight is 571 g/mol. The number of nitrogens with two attached hydrogens (primary N) is 1. The maximum absolute atomic E-state index is 13.0. The zero-order valence-electron chi connectivity index (χ0n) is 23.6. The van der Waals surface area contributed by atoms with Crippen molar-refractivity contribution in [2.45, 2.75) is 65.6 Å². The van der Waals surface area contributed by atoms with Gasteiger partial charge in [-0.15, -0.1) is 0 Å². The largest absolute Gasteiger partial charge is 0.465 e. The van der Waals surface area contributed by atoms with Crippen molar-refractivity contribution >= 4 is 35.1 Å². The van der Waals surface area contributed by atoms with Gasteiger partial charge in [0.25, 0.3) is 5.56 Å². The van der Waals surface area contributed by atoms with Crippen LogP contribution in [0, 0.1) is 11.8 Å². The lowest BCUT2D eigenvalue weighted by Gasteiger charge is -2.22. The van der Waals surface area contributed by atoms with Crippen molar-refractivity contribution in [1.29, 1.82) is 0 Å². The molecule has 0 aliphatic rings. The summed E-state index contributed by atoms with van der Waals surface area (Å²) in [5, 5.41) is 2.61. The third-order valence-electron chi connectivity index (χ3n) is 6.16. The summed E-state index contributed by atoms with van der Waals surface area (Å²) in [5.41, 5.74) is 6.52. The van der Waals surface area contributed by atoms with Gasteiger partial charge in [0.15, 0.2) is 11.2 Å². The van der Waals surface area contributed by atoms with Gasteiger partial charge in [-0.05, 0) is 30.7 Å². The van der Waals surface area contributed by atoms with Gasteiger partial charge in [-0.25, -0.2) is 14.6 Å². The molecule has 1 amide bonds. The van der Waals surface area contributed by atoms with Crippen molar-refractivity contribution < 1.29 is 28.6 Å². The molecule has 0 spiro atoms. The van der Waals surface area contributed by atoms with Crippen molar-refractivity contribution in [3.05, 3.63) is 52.6 Å². The van der Waals surface area contributed by atoms with Crippen LogP contribution in [-0.2, 0) is 37.0 Å². The second-order valence-electron chi connectivity index (χ2n) is 10.2. The summed E-state index contributed by atoms with van der Waals surface area (Å²) in [4.78, 5) is 60.2. The van der Waals surface area contributed by atoms with E-state index in [2.05, 4.69) is 20.3 Å². The van der Waals surface area contributed by atoms with Gasteiger partial charge in [0.05, 0.1) is 19.5 Å². The normalized spacial score (nSPS) is 12.6. The van der Waals surface area contributed by atoms with Crippen molar-refractivity contribution in [2.24, 2.45) is 11.8 Å². The Morgan fingerprint density at radius 2 is 1.83 bits per heavy atom. The van der Waals surface area contributed by atoms with Gasteiger partial charge in [-0.2, -0.15) is 4.98 Å². The van der Waals surface area contributed by atoms with Crippen molar-refractivity contribution in [1.82, 2.24) is 24.8 Å². The first-order valence-electron chi connectivity index (χ1n) is 13.7. The number of aromatic amines is 1. The highest BCUT2D eigenvalue weighted by Crippen LogP contribution is 2.14. The molecule has 222 valence electrons. The lowest BCUT2D eigenvalue weighted by atomic mass is 10.0. The summed E-state index contributed by atoms with van der Waals surface area (Å²) >= 11 is 0. The van der Waals surface area contributed by atoms with Crippen LogP contribution in [0.15, 0.2) is 41.5 Å². The Kier molecular flexibility index (Phi) is 11.7. The van der Waals surface area contributed by atoms with E-state index in [-0.39, 0.29) is 55.5 Å². The Morgan fingerprint density at radius 3 is 2.54 bits per heavy atom. The number of hydrogen-bond donors (Lipinski definition) is 3. The van der Waals surface area contributed by atoms with Crippen molar-refractivity contribution in [3.63, 3.8) is 0 Å². The molecule has 3 rings (SSSR count). The minimum atomic E-state index is -0.918. The number of aromatic nitrogens is 4. The smallest absolute Gasteiger partial charge is 0.408 e. The molecule has 4 N–H and O–H groups in total. The van der Waals surface area contributed by atoms with Crippen molar-refractivity contribution in [3.8, 4) is 0 Å². The fraction of sp³-hybridized carbons (Fsp3) is 0.500. The molecule has 2 heterocycles. The number of aryl methyl sites for hydroxylation is 1. The molecule has 0 fully saturated rings. The summed E-state index contributed by atoms with van der Waals surface area (Å²) < 4.78 is 17.9. The van der Waals surface area contributed by atoms with Gasteiger partial charge >= 0.3 is 18.0 Å². The monoisotopic (exact) mass is 570 g/mol. The van der Waals surface area contributed by atoms with Crippen LogP contribution >= 0.6 is 0 Å². The molecule has 2 aromatic heterocycles. The third-order valence-corrected chi connectivity index (χ3v) is 6.16. The van der Waals surface area contributed by atoms with E-state index < -0.39 is 23.7 Å². The third kappa shape index (κ3) is 9.92. The standard InChI is InChI=1S/C28H38N6O7/c1-4-8-22(35)39-15-20(11-12-34-17-30-23-24(34)32-27(29)33-25(23)36)16-40-26(37)21(13-18(2)3)31-28(38)41-14-19-9-6-5-7-10-19/h5-7,9-10,17-18,20-21H,4,8,11-16H2,1-3H3,(H,31,38)(H3,29,32,33,36)/t20?,21-/m0/s1. The quantitative estimate of drug-likeness (QED) is 0.182. The highest BCUT2D eigenvalue weighted by atomic mass is 16.6. The number of nitrogen functional groups attached to an aromatic ring is 1. The van der Waals surface area contributed by atoms with E-state index in [1.165, 1.54) is 6.33 Å². The molecule has 0 saturated carbocycles. The first-order valence-corrected chi connectivity index (χ1v) is 13.7. The van der Waals surface area contributed by atoms with Gasteiger partial charge in [-0.1, -0.05) is 51.1 Å². The second-order valence-corrected chi connectivity index (χ2v) is 10.2. The maximum Gasteiger partial charge on any atom is 0.408 e. The molecule has 0 radical (unpaired) electrons. The van der Waals surface area contributed by atoms with E-state index >= 15 is 0 Å². The molecule has 0 bridgehead atoms. The van der Waals surface area contributed by atoms with Crippen LogP contribution in [0.3, 0.4) is 0 Å². The fourth-order valence-electron chi connectivity index (χ4n) is 4.05. The van der Waals surface area contributed by atoms with E-state index in [0.717, 1.165) is 5.56 Å². The number of nitrogens with zero attached hydrogens (tertiary/aromatic N) is 3. The van der Waals surface area contributed by atoms with Crippen LogP contribution in [0.4, 0.5) is 10.7 Å². The molecule has 41 heavy (non-hydrogen) atoms. The number of anilines is 1. The number of nitrogens with one attached hydrogen (secondary N) is 2. The maximum atomic E-state index is 13.0. The van der Waals surface area contributed by atoms with Crippen LogP contribution in [-0.4, -0.2) is 56.8 Å². The Morgan fingerprint density at radius 1 is 1.10 bits per heavy atom. The average Bonchev–Trinajstić information content (AvgIpc) is 3.34. The van der Waals surface area contributed by atoms with Crippen LogP contribution in [0.5, 0.6) is 0 Å². The number of fused-ring (bicyclic) bond motifs is 1. The molecule has 3 aromatic rings. The van der Waals surface area contributed by atoms with E-state index in [1.807, 2.05) is 51.1 Å². The van der Waals surface area contributed by atoms with Gasteiger partial charge in [0.1, 0.15) is 12.6 Å². The number of hydrogen-bond acceptors (Lipinski definition) is 10. The van der Waals surface area contributed by atoms with Crippen molar-refractivity contribution in [2.75, 3.05) is 18.9 Å². The first-order chi connectivity index (χ1) is 19.7. The molecular formula is C28H38N6O7. The van der Waals surface area contributed by atoms with Gasteiger partial charge < -0.3 is 29.8 Å². The molecule has 0 saturated heterocycles. The molecule has 2 atom stereocenters. The number of carbonyl (C=O) groups excluding carboxylic acids is 3. The highest BCUT2D eigenvalue weighted by molar-refractivity contribution is 5.81. The van der Waals surface area contributed by atoms with Crippen LogP contribution in [0.1, 0.15) is 52.0 Å². The minimum absolute atomic E-state index is 0.0241. The molecule has 13 nitrogen and oxygen atoms in total. The van der Waals surface area contributed by atoms with Crippen LogP contribution in [0.2, 0.25) is 0 Å². The topological polar surface area (TPSA) is 181 Å². The van der Waals surface area contributed by atoms with Gasteiger partial charge in [-0.3, -0.25) is 14.6 Å². The summed E-state index contributed by atoms with van der Waals surface area (Å²) in [6, 6.07) is 8.28. The number of ether oxygens (including phenoxy) is 3. The Labute approximate surface area is 237 Å². The zero-order chi connectivity index (χ0) is 29.8. The summed E-state index contributed by atoms with van der Waals surface area (Å²) in [7, 11) is 0. The Bertz CT molecular complexity index is 1350. The number of imidazole rings is 1. The van der Waals surface area contributed by atoms with E-state index in [9.17, 15) is 19.2 Å². The summed E-state index contributed by atoms with van der Waals surface area (Å²) in [5.74, 6) is -1.28. The molecule has 13 heteroatoms. The number of H-pyrrole nitrogens is 1. The predicted octanol–water partition coefficient (Wildman–Crippen LogP) is 2.94. The van der Waals surface area contributed by atoms with Gasteiger partial charge in [0.2, 0.25) is 5.95 Å². The SMILES string of the molecule is CCCC(=O)OCC(CCn1cnc2c(=O)[nH]c(N)nc21)COC(=O)[C@H](CC(C)C)NC(=O)OCc1ccccc1. The number of amides is 1. The van der Waals surface area contributed by atoms with Crippen LogP contribution in [0.25, 0.3) is 11.2 Å². The zero-order valence-corrected chi connectivity index (χ0v) is 23.6. The van der Waals surface area contributed by atoms with E-state index in [0.29, 0.717) is 31.5 Å². The number of carbonyl (C=O) groups is 3. The highest BCUT2D eigenvalue weighted by Gasteiger charge is 2.26. The van der Waals surface area contributed by atoms with E-state index in [1.54, 1.807) is 4.57 Å². The Balaban J connectivity index is 1.63. The van der Waals surface area contributed by atoms with Gasteiger partial charge in [0, 0.05) is 18.9 Å². The number of alkyl carbamates (subject to hydrolysis) is 1. The number of benzene rings is 1. The molecule has 0 aliphatic heterocycles. The summed E-state index contributed by atoms with van der Waals surface area (Å²) in [6.07, 6.45) is 2.42. The van der Waals surface area contributed by atoms with Crippen LogP contribution < -0.4 is 16.6 Å². The minimum Gasteiger partial charge on any atom is -0.465 e. The lowest BCUT2D eigenvalue weighted by molar-refractivity contribution is -0.151. The number of rotatable bonds is 15. The second kappa shape index (κ2) is 15.4. The lowest BCUT2D eigenvalue weighted by Crippen LogP contribution is -2.43. The first kappa shape index (κ1) is 31.1. The summed E-state index contributed by atoms with van der Waals surface area (Å²) in [6.45, 7) is 6.10. The number of esters is 2. The molecular weight excluding hydrogens is 532 g/mol. The predicted molar refractivity (Wildman–Crippen MR) is 150 cm³/mol. The fourth-order valence-corrected chi connectivity index (χ4v) is 4.05. The molecule has 1 aromatic carbocycles. The Hall–Kier alpha value is -4.42. The van der Waals surface area contributed by atoms with E-state index in [4.69, 9.17) is 19.9 Å².